The molecule has 1 unspecified atom stereocenters. The highest BCUT2D eigenvalue weighted by Crippen LogP contribution is 2.36. The van der Waals surface area contributed by atoms with Crippen molar-refractivity contribution < 1.29 is 19.4 Å². The molecule has 4 nitrogen and oxygen atoms in total. The molecule has 0 heterocycles. The summed E-state index contributed by atoms with van der Waals surface area (Å²) in [7, 11) is 0. The molecule has 0 rings (SSSR count). The van der Waals surface area contributed by atoms with E-state index >= 15 is 0 Å². The van der Waals surface area contributed by atoms with Gasteiger partial charge in [-0.2, -0.15) is 0 Å². The zero-order valence-corrected chi connectivity index (χ0v) is 15.1. The molecule has 0 bridgehead atoms. The smallest absolute Gasteiger partial charge is 0.323 e. The maximum atomic E-state index is 12.7. The van der Waals surface area contributed by atoms with Gasteiger partial charge in [0.05, 0.1) is 0 Å². The minimum absolute atomic E-state index is 0.123. The van der Waals surface area contributed by atoms with Crippen LogP contribution in [0.2, 0.25) is 0 Å². The maximum absolute atomic E-state index is 12.7. The number of ether oxygens (including phenoxy) is 1. The van der Waals surface area contributed by atoms with Gasteiger partial charge >= 0.3 is 11.9 Å². The van der Waals surface area contributed by atoms with Crippen LogP contribution in [0, 0.1) is 17.3 Å². The summed E-state index contributed by atoms with van der Waals surface area (Å²) in [6.45, 7) is 11.8. The van der Waals surface area contributed by atoms with Gasteiger partial charge in [0.1, 0.15) is 6.10 Å². The normalized spacial score (nSPS) is 13.5. The lowest BCUT2D eigenvalue weighted by molar-refractivity contribution is -0.176. The Morgan fingerprint density at radius 2 is 1.55 bits per heavy atom. The van der Waals surface area contributed by atoms with Crippen LogP contribution in [0.25, 0.3) is 0 Å². The summed E-state index contributed by atoms with van der Waals surface area (Å²) in [5.74, 6) is -1.35. The average Bonchev–Trinajstić information content (AvgIpc) is 2.40. The molecule has 22 heavy (non-hydrogen) atoms. The van der Waals surface area contributed by atoms with E-state index < -0.39 is 17.4 Å². The Morgan fingerprint density at radius 1 is 1.05 bits per heavy atom. The van der Waals surface area contributed by atoms with Crippen LogP contribution in [0.3, 0.4) is 0 Å². The van der Waals surface area contributed by atoms with Crippen molar-refractivity contribution in [2.24, 2.45) is 17.3 Å². The van der Waals surface area contributed by atoms with Gasteiger partial charge in [0.15, 0.2) is 5.41 Å². The fourth-order valence-electron chi connectivity index (χ4n) is 2.95. The number of hydrogen-bond donors (Lipinski definition) is 1. The van der Waals surface area contributed by atoms with Gasteiger partial charge in [-0.25, -0.2) is 0 Å². The van der Waals surface area contributed by atoms with Gasteiger partial charge in [0, 0.05) is 0 Å². The van der Waals surface area contributed by atoms with E-state index in [4.69, 9.17) is 4.74 Å². The summed E-state index contributed by atoms with van der Waals surface area (Å²) in [4.78, 5) is 24.6. The highest BCUT2D eigenvalue weighted by atomic mass is 16.5. The minimum atomic E-state index is -1.41. The van der Waals surface area contributed by atoms with E-state index in [1.54, 1.807) is 0 Å². The second kappa shape index (κ2) is 9.86. The predicted molar refractivity (Wildman–Crippen MR) is 88.7 cm³/mol. The van der Waals surface area contributed by atoms with Crippen LogP contribution in [0.1, 0.15) is 80.1 Å². The Morgan fingerprint density at radius 3 is 1.86 bits per heavy atom. The third-order valence-corrected chi connectivity index (χ3v) is 3.92. The first-order valence-corrected chi connectivity index (χ1v) is 8.64. The van der Waals surface area contributed by atoms with Crippen LogP contribution in [0.5, 0.6) is 0 Å². The van der Waals surface area contributed by atoms with Crippen molar-refractivity contribution in [1.29, 1.82) is 0 Å². The molecule has 0 spiro atoms. The van der Waals surface area contributed by atoms with Crippen molar-refractivity contribution in [3.8, 4) is 0 Å². The molecule has 130 valence electrons. The molecule has 0 aromatic carbocycles. The van der Waals surface area contributed by atoms with Gasteiger partial charge in [-0.05, 0) is 37.5 Å². The van der Waals surface area contributed by atoms with E-state index in [0.717, 1.165) is 25.7 Å². The molecule has 4 heteroatoms. The molecular formula is C18H34O4. The summed E-state index contributed by atoms with van der Waals surface area (Å²) >= 11 is 0. The van der Waals surface area contributed by atoms with Crippen LogP contribution >= 0.6 is 0 Å². The molecular weight excluding hydrogens is 280 g/mol. The van der Waals surface area contributed by atoms with Crippen LogP contribution in [-0.4, -0.2) is 23.1 Å². The first kappa shape index (κ1) is 20.9. The zero-order chi connectivity index (χ0) is 17.3. The summed E-state index contributed by atoms with van der Waals surface area (Å²) in [5.41, 5.74) is -1.41. The van der Waals surface area contributed by atoms with Gasteiger partial charge in [-0.3, -0.25) is 9.59 Å². The van der Waals surface area contributed by atoms with Crippen LogP contribution < -0.4 is 0 Å². The lowest BCUT2D eigenvalue weighted by atomic mass is 9.74. The number of unbranched alkanes of at least 4 members (excludes halogenated alkanes) is 1. The standard InChI is InChI=1S/C18H34O4/c1-7-9-10-15(8-2)22-17(21)18(16(19)20,11-13(3)4)12-14(5)6/h13-15H,7-12H2,1-6H3,(H,19,20). The fraction of sp³-hybridized carbons (Fsp3) is 0.889. The van der Waals surface area contributed by atoms with Crippen molar-refractivity contribution in [1.82, 2.24) is 0 Å². The largest absolute Gasteiger partial charge is 0.480 e. The lowest BCUT2D eigenvalue weighted by Gasteiger charge is -2.32. The Balaban J connectivity index is 5.27. The van der Waals surface area contributed by atoms with E-state index in [9.17, 15) is 14.7 Å². The Labute approximate surface area is 135 Å². The molecule has 0 aliphatic carbocycles. The van der Waals surface area contributed by atoms with Gasteiger partial charge < -0.3 is 9.84 Å². The van der Waals surface area contributed by atoms with E-state index in [2.05, 4.69) is 6.92 Å². The number of hydrogen-bond acceptors (Lipinski definition) is 3. The molecule has 0 amide bonds. The van der Waals surface area contributed by atoms with Gasteiger partial charge in [-0.15, -0.1) is 0 Å². The number of carbonyl (C=O) groups excluding carboxylic acids is 1. The predicted octanol–water partition coefficient (Wildman–Crippen LogP) is 4.66. The second-order valence-corrected chi connectivity index (χ2v) is 7.16. The SMILES string of the molecule is CCCCC(CC)OC(=O)C(CC(C)C)(CC(C)C)C(=O)O. The van der Waals surface area contributed by atoms with Gasteiger partial charge in [0.2, 0.25) is 0 Å². The quantitative estimate of drug-likeness (QED) is 0.445. The van der Waals surface area contributed by atoms with Crippen molar-refractivity contribution in [2.45, 2.75) is 86.2 Å². The molecule has 1 N–H and O–H groups in total. The first-order valence-electron chi connectivity index (χ1n) is 8.64. The summed E-state index contributed by atoms with van der Waals surface area (Å²) in [5, 5.41) is 9.75. The molecule has 0 saturated carbocycles. The highest BCUT2D eigenvalue weighted by molar-refractivity contribution is 5.99. The average molecular weight is 314 g/mol. The summed E-state index contributed by atoms with van der Waals surface area (Å²) in [6, 6.07) is 0. The molecule has 0 aromatic heterocycles. The topological polar surface area (TPSA) is 63.6 Å². The highest BCUT2D eigenvalue weighted by Gasteiger charge is 2.48. The van der Waals surface area contributed by atoms with Crippen molar-refractivity contribution >= 4 is 11.9 Å². The van der Waals surface area contributed by atoms with Crippen LogP contribution in [0.15, 0.2) is 0 Å². The summed E-state index contributed by atoms with van der Waals surface area (Å²) < 4.78 is 5.61. The second-order valence-electron chi connectivity index (χ2n) is 7.16. The molecule has 0 aliphatic rings. The monoisotopic (exact) mass is 314 g/mol. The van der Waals surface area contributed by atoms with E-state index in [0.29, 0.717) is 12.8 Å². The molecule has 0 radical (unpaired) electrons. The summed E-state index contributed by atoms with van der Waals surface area (Å²) in [6.07, 6.45) is 4.02. The third-order valence-electron chi connectivity index (χ3n) is 3.92. The van der Waals surface area contributed by atoms with Crippen molar-refractivity contribution in [3.63, 3.8) is 0 Å². The van der Waals surface area contributed by atoms with Gasteiger partial charge in [0.25, 0.3) is 0 Å². The van der Waals surface area contributed by atoms with Crippen molar-refractivity contribution in [3.05, 3.63) is 0 Å². The Kier molecular flexibility index (Phi) is 9.38. The van der Waals surface area contributed by atoms with Gasteiger partial charge in [-0.1, -0.05) is 54.4 Å². The van der Waals surface area contributed by atoms with E-state index in [1.165, 1.54) is 0 Å². The fourth-order valence-corrected chi connectivity index (χ4v) is 2.95. The van der Waals surface area contributed by atoms with E-state index in [1.807, 2.05) is 34.6 Å². The number of carboxylic acid groups (broad SMARTS) is 1. The number of rotatable bonds is 11. The Bertz CT molecular complexity index is 337. The van der Waals surface area contributed by atoms with Crippen LogP contribution in [-0.2, 0) is 14.3 Å². The Hall–Kier alpha value is -1.06. The lowest BCUT2D eigenvalue weighted by Crippen LogP contribution is -2.44. The molecule has 0 fully saturated rings. The molecule has 0 aliphatic heterocycles. The zero-order valence-electron chi connectivity index (χ0n) is 15.1. The van der Waals surface area contributed by atoms with E-state index in [-0.39, 0.29) is 17.9 Å². The third kappa shape index (κ3) is 6.37. The minimum Gasteiger partial charge on any atom is -0.480 e. The number of aliphatic carboxylic acids is 1. The first-order chi connectivity index (χ1) is 10.2. The molecule has 0 aromatic rings. The maximum Gasteiger partial charge on any atom is 0.323 e. The molecule has 1 atom stereocenters. The molecule has 0 saturated heterocycles. The van der Waals surface area contributed by atoms with Crippen LogP contribution in [0.4, 0.5) is 0 Å². The number of carboxylic acids is 1. The number of carbonyl (C=O) groups is 2. The number of esters is 1. The van der Waals surface area contributed by atoms with Crippen molar-refractivity contribution in [2.75, 3.05) is 0 Å².